The molecule has 1 saturated carbocycles. The zero-order valence-electron chi connectivity index (χ0n) is 11.5. The summed E-state index contributed by atoms with van der Waals surface area (Å²) in [4.78, 5) is 2.13. The van der Waals surface area contributed by atoms with E-state index in [1.165, 1.54) is 18.9 Å². The second-order valence-electron chi connectivity index (χ2n) is 5.14. The molecule has 1 fully saturated rings. The van der Waals surface area contributed by atoms with E-state index in [1.807, 2.05) is 6.07 Å². The van der Waals surface area contributed by atoms with Gasteiger partial charge in [0.2, 0.25) is 0 Å². The fraction of sp³-hybridized carbons (Fsp3) is 0.600. The molecule has 0 amide bonds. The number of hydrogen-bond acceptors (Lipinski definition) is 3. The zero-order chi connectivity index (χ0) is 13.7. The minimum atomic E-state index is -0.197. The van der Waals surface area contributed by atoms with E-state index in [0.29, 0.717) is 19.1 Å². The number of rotatable bonds is 8. The molecule has 0 spiro atoms. The van der Waals surface area contributed by atoms with E-state index in [1.54, 1.807) is 6.07 Å². The molecule has 0 aromatic heterocycles. The number of anilines is 1. The fourth-order valence-corrected chi connectivity index (χ4v) is 2.29. The van der Waals surface area contributed by atoms with E-state index in [4.69, 9.17) is 5.11 Å². The summed E-state index contributed by atoms with van der Waals surface area (Å²) in [7, 11) is 0. The standard InChI is InChI=1S/C15H23FN2O/c1-2-7-18(8-9-19)15-6-3-13(16)10-12(15)11-17-14-4-5-14/h3,6,10,14,17,19H,2,4-5,7-9,11H2,1H3. The van der Waals surface area contributed by atoms with Gasteiger partial charge in [0.15, 0.2) is 0 Å². The van der Waals surface area contributed by atoms with Gasteiger partial charge in [0.25, 0.3) is 0 Å². The summed E-state index contributed by atoms with van der Waals surface area (Å²) >= 11 is 0. The van der Waals surface area contributed by atoms with Crippen LogP contribution in [-0.2, 0) is 6.54 Å². The highest BCUT2D eigenvalue weighted by molar-refractivity contribution is 5.54. The first-order valence-corrected chi connectivity index (χ1v) is 7.12. The van der Waals surface area contributed by atoms with Gasteiger partial charge in [0, 0.05) is 31.4 Å². The molecular weight excluding hydrogens is 243 g/mol. The Hall–Kier alpha value is -1.13. The molecule has 106 valence electrons. The van der Waals surface area contributed by atoms with Crippen molar-refractivity contribution in [1.82, 2.24) is 5.32 Å². The van der Waals surface area contributed by atoms with Crippen LogP contribution in [0.4, 0.5) is 10.1 Å². The number of nitrogens with one attached hydrogen (secondary N) is 1. The summed E-state index contributed by atoms with van der Waals surface area (Å²) in [6.07, 6.45) is 3.45. The smallest absolute Gasteiger partial charge is 0.123 e. The maximum Gasteiger partial charge on any atom is 0.123 e. The lowest BCUT2D eigenvalue weighted by atomic mass is 10.1. The fourth-order valence-electron chi connectivity index (χ4n) is 2.29. The molecule has 2 rings (SSSR count). The van der Waals surface area contributed by atoms with Crippen molar-refractivity contribution >= 4 is 5.69 Å². The number of nitrogens with zero attached hydrogens (tertiary/aromatic N) is 1. The van der Waals surface area contributed by atoms with E-state index in [9.17, 15) is 4.39 Å². The van der Waals surface area contributed by atoms with Crippen LogP contribution in [0.3, 0.4) is 0 Å². The van der Waals surface area contributed by atoms with Crippen LogP contribution < -0.4 is 10.2 Å². The maximum absolute atomic E-state index is 13.4. The highest BCUT2D eigenvalue weighted by atomic mass is 19.1. The van der Waals surface area contributed by atoms with Crippen LogP contribution in [0.2, 0.25) is 0 Å². The van der Waals surface area contributed by atoms with Crippen molar-refractivity contribution in [3.63, 3.8) is 0 Å². The Bertz CT molecular complexity index is 401. The molecule has 0 saturated heterocycles. The topological polar surface area (TPSA) is 35.5 Å². The predicted molar refractivity (Wildman–Crippen MR) is 75.9 cm³/mol. The van der Waals surface area contributed by atoms with Crippen molar-refractivity contribution in [2.45, 2.75) is 38.8 Å². The molecule has 1 aromatic carbocycles. The number of benzene rings is 1. The first-order chi connectivity index (χ1) is 9.24. The van der Waals surface area contributed by atoms with Crippen molar-refractivity contribution in [3.8, 4) is 0 Å². The molecule has 19 heavy (non-hydrogen) atoms. The van der Waals surface area contributed by atoms with Gasteiger partial charge in [-0.25, -0.2) is 4.39 Å². The lowest BCUT2D eigenvalue weighted by Gasteiger charge is -2.26. The minimum Gasteiger partial charge on any atom is -0.395 e. The van der Waals surface area contributed by atoms with Gasteiger partial charge >= 0.3 is 0 Å². The summed E-state index contributed by atoms with van der Waals surface area (Å²) < 4.78 is 13.4. The molecule has 0 unspecified atom stereocenters. The van der Waals surface area contributed by atoms with Gasteiger partial charge in [-0.05, 0) is 43.0 Å². The Kier molecular flexibility index (Phi) is 5.16. The third-order valence-corrected chi connectivity index (χ3v) is 3.40. The van der Waals surface area contributed by atoms with Crippen LogP contribution >= 0.6 is 0 Å². The first kappa shape index (κ1) is 14.3. The number of hydrogen-bond donors (Lipinski definition) is 2. The van der Waals surface area contributed by atoms with E-state index in [2.05, 4.69) is 17.1 Å². The lowest BCUT2D eigenvalue weighted by Crippen LogP contribution is -2.29. The van der Waals surface area contributed by atoms with Gasteiger partial charge < -0.3 is 15.3 Å². The maximum atomic E-state index is 13.4. The van der Waals surface area contributed by atoms with Gasteiger partial charge in [-0.3, -0.25) is 0 Å². The Morgan fingerprint density at radius 2 is 2.16 bits per heavy atom. The number of aliphatic hydroxyl groups excluding tert-OH is 1. The van der Waals surface area contributed by atoms with E-state index < -0.39 is 0 Å². The van der Waals surface area contributed by atoms with Gasteiger partial charge in [-0.2, -0.15) is 0 Å². The molecule has 1 aliphatic carbocycles. The van der Waals surface area contributed by atoms with Crippen molar-refractivity contribution in [1.29, 1.82) is 0 Å². The summed E-state index contributed by atoms with van der Waals surface area (Å²) in [5, 5.41) is 12.6. The molecule has 0 bridgehead atoms. The summed E-state index contributed by atoms with van der Waals surface area (Å²) in [6.45, 7) is 4.39. The Balaban J connectivity index is 2.14. The highest BCUT2D eigenvalue weighted by Gasteiger charge is 2.21. The average molecular weight is 266 g/mol. The van der Waals surface area contributed by atoms with Crippen molar-refractivity contribution < 1.29 is 9.50 Å². The molecule has 0 aliphatic heterocycles. The van der Waals surface area contributed by atoms with Crippen LogP contribution in [0.1, 0.15) is 31.7 Å². The molecular formula is C15H23FN2O. The van der Waals surface area contributed by atoms with Crippen molar-refractivity contribution in [2.24, 2.45) is 0 Å². The molecule has 1 aromatic rings. The molecule has 0 radical (unpaired) electrons. The quantitative estimate of drug-likeness (QED) is 0.758. The van der Waals surface area contributed by atoms with Crippen molar-refractivity contribution in [2.75, 3.05) is 24.6 Å². The summed E-state index contributed by atoms with van der Waals surface area (Å²) in [5.74, 6) is -0.197. The molecule has 1 aliphatic rings. The largest absolute Gasteiger partial charge is 0.395 e. The Morgan fingerprint density at radius 1 is 1.37 bits per heavy atom. The predicted octanol–water partition coefficient (Wildman–Crippen LogP) is 2.29. The SMILES string of the molecule is CCCN(CCO)c1ccc(F)cc1CNC1CC1. The Labute approximate surface area is 114 Å². The summed E-state index contributed by atoms with van der Waals surface area (Å²) in [5.41, 5.74) is 2.01. The molecule has 0 heterocycles. The first-order valence-electron chi connectivity index (χ1n) is 7.12. The average Bonchev–Trinajstić information content (AvgIpc) is 3.20. The van der Waals surface area contributed by atoms with E-state index in [-0.39, 0.29) is 12.4 Å². The van der Waals surface area contributed by atoms with Crippen LogP contribution in [-0.4, -0.2) is 30.8 Å². The minimum absolute atomic E-state index is 0.118. The summed E-state index contributed by atoms with van der Waals surface area (Å²) in [6, 6.07) is 5.53. The zero-order valence-corrected chi connectivity index (χ0v) is 11.5. The molecule has 3 nitrogen and oxygen atoms in total. The Morgan fingerprint density at radius 3 is 2.79 bits per heavy atom. The van der Waals surface area contributed by atoms with Crippen molar-refractivity contribution in [3.05, 3.63) is 29.6 Å². The second kappa shape index (κ2) is 6.87. The van der Waals surface area contributed by atoms with Crippen LogP contribution in [0.15, 0.2) is 18.2 Å². The monoisotopic (exact) mass is 266 g/mol. The van der Waals surface area contributed by atoms with Crippen LogP contribution in [0.25, 0.3) is 0 Å². The lowest BCUT2D eigenvalue weighted by molar-refractivity contribution is 0.301. The highest BCUT2D eigenvalue weighted by Crippen LogP contribution is 2.24. The number of halogens is 1. The van der Waals surface area contributed by atoms with E-state index >= 15 is 0 Å². The number of aliphatic hydroxyl groups is 1. The molecule has 2 N–H and O–H groups in total. The normalized spacial score (nSPS) is 14.7. The van der Waals surface area contributed by atoms with E-state index in [0.717, 1.165) is 24.2 Å². The molecule has 0 atom stereocenters. The van der Waals surface area contributed by atoms with Gasteiger partial charge in [0.05, 0.1) is 6.61 Å². The van der Waals surface area contributed by atoms with Crippen LogP contribution in [0, 0.1) is 5.82 Å². The van der Waals surface area contributed by atoms with Crippen LogP contribution in [0.5, 0.6) is 0 Å². The van der Waals surface area contributed by atoms with Gasteiger partial charge in [-0.15, -0.1) is 0 Å². The molecule has 4 heteroatoms. The second-order valence-corrected chi connectivity index (χ2v) is 5.14. The third kappa shape index (κ3) is 4.18. The van der Waals surface area contributed by atoms with Gasteiger partial charge in [0.1, 0.15) is 5.82 Å². The van der Waals surface area contributed by atoms with Gasteiger partial charge in [-0.1, -0.05) is 6.92 Å². The third-order valence-electron chi connectivity index (χ3n) is 3.40.